The van der Waals surface area contributed by atoms with Crippen molar-refractivity contribution in [2.24, 2.45) is 5.92 Å². The minimum atomic E-state index is -2.23. The highest BCUT2D eigenvalue weighted by Gasteiger charge is 2.24. The Morgan fingerprint density at radius 2 is 2.35 bits per heavy atom. The molecule has 1 saturated heterocycles. The summed E-state index contributed by atoms with van der Waals surface area (Å²) < 4.78 is 24.4. The molecule has 4 nitrogen and oxygen atoms in total. The number of alkyl halides is 2. The molecule has 17 heavy (non-hydrogen) atoms. The molecule has 1 N–H and O–H groups in total. The zero-order valence-electron chi connectivity index (χ0n) is 9.52. The molecule has 0 aromatic carbocycles. The molecule has 2 heterocycles. The molecule has 0 bridgehead atoms. The molecule has 6 heteroatoms. The van der Waals surface area contributed by atoms with Gasteiger partial charge in [-0.25, -0.2) is 13.8 Å². The first-order valence-corrected chi connectivity index (χ1v) is 5.74. The van der Waals surface area contributed by atoms with Crippen LogP contribution in [0.1, 0.15) is 6.42 Å². The van der Waals surface area contributed by atoms with Crippen molar-refractivity contribution in [3.63, 3.8) is 0 Å². The van der Waals surface area contributed by atoms with Gasteiger partial charge < -0.3 is 5.32 Å². The second-order valence-electron chi connectivity index (χ2n) is 4.28. The minimum Gasteiger partial charge on any atom is -0.368 e. The average Bonchev–Trinajstić information content (AvgIpc) is 2.75. The molecule has 94 valence electrons. The molecule has 0 amide bonds. The van der Waals surface area contributed by atoms with E-state index in [2.05, 4.69) is 15.3 Å². The van der Waals surface area contributed by atoms with E-state index in [1.54, 1.807) is 18.6 Å². The van der Waals surface area contributed by atoms with Crippen LogP contribution in [0.15, 0.2) is 18.6 Å². The van der Waals surface area contributed by atoms with Crippen molar-refractivity contribution in [2.45, 2.75) is 12.8 Å². The van der Waals surface area contributed by atoms with Gasteiger partial charge in [-0.15, -0.1) is 0 Å². The lowest BCUT2D eigenvalue weighted by atomic mass is 10.1. The van der Waals surface area contributed by atoms with Gasteiger partial charge in [0.15, 0.2) is 0 Å². The van der Waals surface area contributed by atoms with E-state index < -0.39 is 6.43 Å². The summed E-state index contributed by atoms with van der Waals surface area (Å²) in [5.41, 5.74) is 0. The van der Waals surface area contributed by atoms with Crippen molar-refractivity contribution in [3.05, 3.63) is 18.6 Å². The summed E-state index contributed by atoms with van der Waals surface area (Å²) in [5.74, 6) is 1.15. The standard InChI is InChI=1S/C11H16F2N4/c12-10(13)8-17-4-1-9(7-17)5-16-11-6-14-2-3-15-11/h2-3,6,9-10H,1,4-5,7-8H2,(H,15,16)/t9-/m1/s1. The van der Waals surface area contributed by atoms with Crippen molar-refractivity contribution in [1.29, 1.82) is 0 Å². The zero-order chi connectivity index (χ0) is 12.1. The van der Waals surface area contributed by atoms with Gasteiger partial charge in [0.05, 0.1) is 12.7 Å². The number of hydrogen-bond acceptors (Lipinski definition) is 4. The van der Waals surface area contributed by atoms with Crippen LogP contribution in [-0.2, 0) is 0 Å². The first-order valence-electron chi connectivity index (χ1n) is 5.74. The zero-order valence-corrected chi connectivity index (χ0v) is 9.52. The third kappa shape index (κ3) is 3.89. The molecular weight excluding hydrogens is 226 g/mol. The average molecular weight is 242 g/mol. The van der Waals surface area contributed by atoms with E-state index in [-0.39, 0.29) is 6.54 Å². The van der Waals surface area contributed by atoms with Crippen molar-refractivity contribution in [1.82, 2.24) is 14.9 Å². The summed E-state index contributed by atoms with van der Waals surface area (Å²) >= 11 is 0. The monoisotopic (exact) mass is 242 g/mol. The van der Waals surface area contributed by atoms with Gasteiger partial charge in [-0.3, -0.25) is 9.88 Å². The van der Waals surface area contributed by atoms with Crippen LogP contribution in [0.2, 0.25) is 0 Å². The van der Waals surface area contributed by atoms with Crippen LogP contribution in [-0.4, -0.2) is 47.5 Å². The van der Waals surface area contributed by atoms with Gasteiger partial charge in [-0.05, 0) is 18.9 Å². The van der Waals surface area contributed by atoms with Crippen LogP contribution < -0.4 is 5.32 Å². The Bertz CT molecular complexity index is 334. The Balaban J connectivity index is 1.71. The molecule has 0 spiro atoms. The summed E-state index contributed by atoms with van der Waals surface area (Å²) in [4.78, 5) is 9.86. The smallest absolute Gasteiger partial charge is 0.251 e. The maximum absolute atomic E-state index is 12.2. The Kier molecular flexibility index (Phi) is 4.19. The third-order valence-corrected chi connectivity index (χ3v) is 2.90. The Morgan fingerprint density at radius 3 is 3.06 bits per heavy atom. The van der Waals surface area contributed by atoms with Gasteiger partial charge in [0.2, 0.25) is 0 Å². The van der Waals surface area contributed by atoms with Crippen LogP contribution in [0, 0.1) is 5.92 Å². The van der Waals surface area contributed by atoms with E-state index in [4.69, 9.17) is 0 Å². The maximum atomic E-state index is 12.2. The van der Waals surface area contributed by atoms with Gasteiger partial charge in [0, 0.05) is 25.5 Å². The van der Waals surface area contributed by atoms with E-state index in [1.807, 2.05) is 4.90 Å². The largest absolute Gasteiger partial charge is 0.368 e. The fourth-order valence-electron chi connectivity index (χ4n) is 2.08. The van der Waals surface area contributed by atoms with Crippen LogP contribution in [0.5, 0.6) is 0 Å². The van der Waals surface area contributed by atoms with Gasteiger partial charge in [0.25, 0.3) is 6.43 Å². The Hall–Kier alpha value is -1.30. The molecule has 2 rings (SSSR count). The highest BCUT2D eigenvalue weighted by molar-refractivity contribution is 5.29. The molecule has 1 atom stereocenters. The highest BCUT2D eigenvalue weighted by Crippen LogP contribution is 2.17. The van der Waals surface area contributed by atoms with Gasteiger partial charge in [-0.1, -0.05) is 0 Å². The fraction of sp³-hybridized carbons (Fsp3) is 0.636. The summed E-state index contributed by atoms with van der Waals surface area (Å²) in [5, 5.41) is 3.17. The normalized spacial score (nSPS) is 21.0. The van der Waals surface area contributed by atoms with Crippen molar-refractivity contribution in [3.8, 4) is 0 Å². The van der Waals surface area contributed by atoms with E-state index in [1.165, 1.54) is 0 Å². The number of anilines is 1. The van der Waals surface area contributed by atoms with Gasteiger partial charge in [-0.2, -0.15) is 0 Å². The lowest BCUT2D eigenvalue weighted by Crippen LogP contribution is -2.27. The molecule has 0 unspecified atom stereocenters. The lowest BCUT2D eigenvalue weighted by molar-refractivity contribution is 0.0981. The van der Waals surface area contributed by atoms with Crippen molar-refractivity contribution < 1.29 is 8.78 Å². The summed E-state index contributed by atoms with van der Waals surface area (Å²) in [6.07, 6.45) is 3.62. The van der Waals surface area contributed by atoms with Gasteiger partial charge in [0.1, 0.15) is 5.82 Å². The number of likely N-dealkylation sites (tertiary alicyclic amines) is 1. The number of nitrogens with one attached hydrogen (secondary N) is 1. The number of hydrogen-bond donors (Lipinski definition) is 1. The lowest BCUT2D eigenvalue weighted by Gasteiger charge is -2.15. The summed E-state index contributed by atoms with van der Waals surface area (Å²) in [6.45, 7) is 2.15. The number of rotatable bonds is 5. The van der Waals surface area contributed by atoms with Crippen LogP contribution in [0.25, 0.3) is 0 Å². The first-order chi connectivity index (χ1) is 8.24. The second-order valence-corrected chi connectivity index (χ2v) is 4.28. The van der Waals surface area contributed by atoms with E-state index in [9.17, 15) is 8.78 Å². The van der Waals surface area contributed by atoms with Crippen LogP contribution in [0.3, 0.4) is 0 Å². The Labute approximate surface area is 99.1 Å². The molecule has 0 saturated carbocycles. The van der Waals surface area contributed by atoms with E-state index >= 15 is 0 Å². The summed E-state index contributed by atoms with van der Waals surface area (Å²) in [6, 6.07) is 0. The predicted octanol–water partition coefficient (Wildman–Crippen LogP) is 1.48. The van der Waals surface area contributed by atoms with Gasteiger partial charge >= 0.3 is 0 Å². The Morgan fingerprint density at radius 1 is 1.47 bits per heavy atom. The molecule has 1 aromatic rings. The van der Waals surface area contributed by atoms with E-state index in [0.717, 1.165) is 31.9 Å². The maximum Gasteiger partial charge on any atom is 0.251 e. The molecule has 0 radical (unpaired) electrons. The quantitative estimate of drug-likeness (QED) is 0.849. The molecule has 1 aromatic heterocycles. The second kappa shape index (κ2) is 5.86. The predicted molar refractivity (Wildman–Crippen MR) is 61.1 cm³/mol. The number of halogens is 2. The fourth-order valence-corrected chi connectivity index (χ4v) is 2.08. The van der Waals surface area contributed by atoms with Crippen LogP contribution >= 0.6 is 0 Å². The summed E-state index contributed by atoms with van der Waals surface area (Å²) in [7, 11) is 0. The third-order valence-electron chi connectivity index (χ3n) is 2.90. The molecule has 1 aliphatic heterocycles. The topological polar surface area (TPSA) is 41.0 Å². The first kappa shape index (κ1) is 12.2. The van der Waals surface area contributed by atoms with Crippen molar-refractivity contribution in [2.75, 3.05) is 31.5 Å². The molecule has 0 aliphatic carbocycles. The highest BCUT2D eigenvalue weighted by atomic mass is 19.3. The molecule has 1 aliphatic rings. The minimum absolute atomic E-state index is 0.109. The number of nitrogens with zero attached hydrogens (tertiary/aromatic N) is 3. The SMILES string of the molecule is FC(F)CN1CC[C@H](CNc2cnccn2)C1. The van der Waals surface area contributed by atoms with Crippen LogP contribution in [0.4, 0.5) is 14.6 Å². The molecular formula is C11H16F2N4. The van der Waals surface area contributed by atoms with Crippen molar-refractivity contribution >= 4 is 5.82 Å². The van der Waals surface area contributed by atoms with E-state index in [0.29, 0.717) is 5.92 Å². The molecule has 1 fully saturated rings. The number of aromatic nitrogens is 2.